The van der Waals surface area contributed by atoms with Gasteiger partial charge < -0.3 is 5.11 Å². The van der Waals surface area contributed by atoms with E-state index in [1.807, 2.05) is 46.1 Å². The van der Waals surface area contributed by atoms with Gasteiger partial charge in [-0.2, -0.15) is 5.10 Å². The lowest BCUT2D eigenvalue weighted by molar-refractivity contribution is -0.142. The molecular weight excluding hydrogens is 338 g/mol. The van der Waals surface area contributed by atoms with E-state index in [9.17, 15) is 9.90 Å². The Balaban J connectivity index is 1.73. The number of carbonyl (C=O) groups is 1. The molecule has 138 valence electrons. The van der Waals surface area contributed by atoms with Crippen LogP contribution in [0.3, 0.4) is 0 Å². The van der Waals surface area contributed by atoms with Crippen LogP contribution in [0.1, 0.15) is 24.0 Å². The first-order chi connectivity index (χ1) is 13.1. The number of rotatable bonds is 5. The smallest absolute Gasteiger partial charge is 0.320 e. The number of hydrogen-bond donors (Lipinski definition) is 1. The Morgan fingerprint density at radius 1 is 1.15 bits per heavy atom. The van der Waals surface area contributed by atoms with Gasteiger partial charge in [0.15, 0.2) is 0 Å². The zero-order valence-electron chi connectivity index (χ0n) is 15.4. The van der Waals surface area contributed by atoms with Crippen molar-refractivity contribution in [2.75, 3.05) is 6.54 Å². The molecule has 27 heavy (non-hydrogen) atoms. The Bertz CT molecular complexity index is 932. The molecule has 0 radical (unpaired) electrons. The van der Waals surface area contributed by atoms with Crippen molar-refractivity contribution in [1.29, 1.82) is 0 Å². The Morgan fingerprint density at radius 2 is 1.89 bits per heavy atom. The highest BCUT2D eigenvalue weighted by Gasteiger charge is 2.31. The standard InChI is InChI=1S/C22H23N3O2/c1-16-9-11-17(12-10-16)21-18(14-24-13-5-8-20(24)22(26)27)15-25(23-21)19-6-3-2-4-7-19/h2-4,6-7,9-12,15,20H,5,8,13-14H2,1H3,(H,26,27). The van der Waals surface area contributed by atoms with Crippen molar-refractivity contribution in [2.24, 2.45) is 0 Å². The molecule has 0 aliphatic carbocycles. The van der Waals surface area contributed by atoms with Crippen LogP contribution in [0.5, 0.6) is 0 Å². The minimum absolute atomic E-state index is 0.407. The summed E-state index contributed by atoms with van der Waals surface area (Å²) in [6, 6.07) is 17.9. The van der Waals surface area contributed by atoms with Gasteiger partial charge in [-0.3, -0.25) is 9.69 Å². The highest BCUT2D eigenvalue weighted by molar-refractivity contribution is 5.74. The number of hydrogen-bond acceptors (Lipinski definition) is 3. The molecule has 5 heteroatoms. The SMILES string of the molecule is Cc1ccc(-c2nn(-c3ccccc3)cc2CN2CCCC2C(=O)O)cc1. The number of likely N-dealkylation sites (tertiary alicyclic amines) is 1. The molecule has 0 bridgehead atoms. The number of aryl methyl sites for hydroxylation is 1. The second-order valence-corrected chi connectivity index (χ2v) is 7.12. The van der Waals surface area contributed by atoms with Gasteiger partial charge in [0.05, 0.1) is 11.4 Å². The average Bonchev–Trinajstić information content (AvgIpc) is 3.31. The third-order valence-corrected chi connectivity index (χ3v) is 5.16. The van der Waals surface area contributed by atoms with Crippen LogP contribution in [0.25, 0.3) is 16.9 Å². The van der Waals surface area contributed by atoms with E-state index in [4.69, 9.17) is 5.10 Å². The molecule has 3 aromatic rings. The van der Waals surface area contributed by atoms with E-state index < -0.39 is 12.0 Å². The van der Waals surface area contributed by atoms with Crippen molar-refractivity contribution >= 4 is 5.97 Å². The van der Waals surface area contributed by atoms with Gasteiger partial charge in [-0.05, 0) is 38.4 Å². The molecular formula is C22H23N3O2. The van der Waals surface area contributed by atoms with Crippen molar-refractivity contribution in [3.05, 3.63) is 71.9 Å². The largest absolute Gasteiger partial charge is 0.480 e. The molecule has 5 nitrogen and oxygen atoms in total. The first-order valence-electron chi connectivity index (χ1n) is 9.30. The molecule has 0 saturated carbocycles. The molecule has 2 aromatic carbocycles. The van der Waals surface area contributed by atoms with E-state index in [-0.39, 0.29) is 0 Å². The van der Waals surface area contributed by atoms with Gasteiger partial charge in [-0.25, -0.2) is 4.68 Å². The lowest BCUT2D eigenvalue weighted by atomic mass is 10.1. The van der Waals surface area contributed by atoms with Gasteiger partial charge in [-0.1, -0.05) is 48.0 Å². The Morgan fingerprint density at radius 3 is 2.59 bits per heavy atom. The summed E-state index contributed by atoms with van der Waals surface area (Å²) in [7, 11) is 0. The van der Waals surface area contributed by atoms with Gasteiger partial charge in [0, 0.05) is 23.9 Å². The van der Waals surface area contributed by atoms with Gasteiger partial charge >= 0.3 is 5.97 Å². The van der Waals surface area contributed by atoms with Crippen molar-refractivity contribution < 1.29 is 9.90 Å². The summed E-state index contributed by atoms with van der Waals surface area (Å²) < 4.78 is 1.89. The minimum Gasteiger partial charge on any atom is -0.480 e. The summed E-state index contributed by atoms with van der Waals surface area (Å²) in [5, 5.41) is 14.3. The summed E-state index contributed by atoms with van der Waals surface area (Å²) in [5.74, 6) is -0.736. The van der Waals surface area contributed by atoms with Gasteiger partial charge in [0.2, 0.25) is 0 Å². The number of nitrogens with zero attached hydrogens (tertiary/aromatic N) is 3. The van der Waals surface area contributed by atoms with E-state index >= 15 is 0 Å². The second kappa shape index (κ2) is 7.37. The second-order valence-electron chi connectivity index (χ2n) is 7.12. The van der Waals surface area contributed by atoms with E-state index in [0.717, 1.165) is 35.5 Å². The van der Waals surface area contributed by atoms with Crippen molar-refractivity contribution in [3.8, 4) is 16.9 Å². The summed E-state index contributed by atoms with van der Waals surface area (Å²) in [4.78, 5) is 13.6. The van der Waals surface area contributed by atoms with Crippen LogP contribution in [0.2, 0.25) is 0 Å². The predicted octanol–water partition coefficient (Wildman–Crippen LogP) is 3.90. The molecule has 1 unspecified atom stereocenters. The summed E-state index contributed by atoms with van der Waals surface area (Å²) >= 11 is 0. The average molecular weight is 361 g/mol. The number of carboxylic acids is 1. The predicted molar refractivity (Wildman–Crippen MR) is 105 cm³/mol. The molecule has 2 heterocycles. The summed E-state index contributed by atoms with van der Waals surface area (Å²) in [5.41, 5.74) is 5.21. The van der Waals surface area contributed by atoms with Crippen LogP contribution < -0.4 is 0 Å². The van der Waals surface area contributed by atoms with E-state index in [1.54, 1.807) is 0 Å². The topological polar surface area (TPSA) is 58.4 Å². The van der Waals surface area contributed by atoms with Crippen molar-refractivity contribution in [2.45, 2.75) is 32.4 Å². The van der Waals surface area contributed by atoms with E-state index in [0.29, 0.717) is 13.0 Å². The molecule has 1 fully saturated rings. The summed E-state index contributed by atoms with van der Waals surface area (Å²) in [6.45, 7) is 3.46. The van der Waals surface area contributed by atoms with Gasteiger partial charge in [0.25, 0.3) is 0 Å². The molecule has 1 atom stereocenters. The monoisotopic (exact) mass is 361 g/mol. The molecule has 1 aliphatic heterocycles. The highest BCUT2D eigenvalue weighted by atomic mass is 16.4. The molecule has 0 amide bonds. The number of para-hydroxylation sites is 1. The molecule has 0 spiro atoms. The third-order valence-electron chi connectivity index (χ3n) is 5.16. The number of aromatic nitrogens is 2. The number of carboxylic acid groups (broad SMARTS) is 1. The van der Waals surface area contributed by atoms with E-state index in [1.165, 1.54) is 5.56 Å². The third kappa shape index (κ3) is 3.64. The maximum absolute atomic E-state index is 11.6. The Labute approximate surface area is 158 Å². The van der Waals surface area contributed by atoms with Crippen LogP contribution in [-0.2, 0) is 11.3 Å². The lowest BCUT2D eigenvalue weighted by Crippen LogP contribution is -2.35. The quantitative estimate of drug-likeness (QED) is 0.749. The van der Waals surface area contributed by atoms with Crippen LogP contribution in [0.15, 0.2) is 60.8 Å². The highest BCUT2D eigenvalue weighted by Crippen LogP contribution is 2.28. The Hall–Kier alpha value is -2.92. The zero-order valence-corrected chi connectivity index (χ0v) is 15.4. The zero-order chi connectivity index (χ0) is 18.8. The van der Waals surface area contributed by atoms with Crippen LogP contribution in [0, 0.1) is 6.92 Å². The first kappa shape index (κ1) is 17.5. The number of benzene rings is 2. The van der Waals surface area contributed by atoms with Gasteiger partial charge in [0.1, 0.15) is 6.04 Å². The molecule has 1 aromatic heterocycles. The van der Waals surface area contributed by atoms with Crippen molar-refractivity contribution in [3.63, 3.8) is 0 Å². The summed E-state index contributed by atoms with van der Waals surface area (Å²) in [6.07, 6.45) is 3.66. The fourth-order valence-electron chi connectivity index (χ4n) is 3.71. The van der Waals surface area contributed by atoms with Gasteiger partial charge in [-0.15, -0.1) is 0 Å². The van der Waals surface area contributed by atoms with Crippen LogP contribution >= 0.6 is 0 Å². The fraction of sp³-hybridized carbons (Fsp3) is 0.273. The fourth-order valence-corrected chi connectivity index (χ4v) is 3.71. The molecule has 4 rings (SSSR count). The maximum atomic E-state index is 11.6. The molecule has 1 N–H and O–H groups in total. The Kier molecular flexibility index (Phi) is 4.77. The van der Waals surface area contributed by atoms with Crippen LogP contribution in [-0.4, -0.2) is 38.3 Å². The lowest BCUT2D eigenvalue weighted by Gasteiger charge is -2.20. The van der Waals surface area contributed by atoms with E-state index in [2.05, 4.69) is 31.2 Å². The van der Waals surface area contributed by atoms with Crippen LogP contribution in [0.4, 0.5) is 0 Å². The molecule has 1 saturated heterocycles. The normalized spacial score (nSPS) is 17.3. The first-order valence-corrected chi connectivity index (χ1v) is 9.30. The molecule has 1 aliphatic rings. The number of aliphatic carboxylic acids is 1. The minimum atomic E-state index is -0.736. The maximum Gasteiger partial charge on any atom is 0.320 e. The van der Waals surface area contributed by atoms with Crippen molar-refractivity contribution in [1.82, 2.24) is 14.7 Å².